The summed E-state index contributed by atoms with van der Waals surface area (Å²) in [5.74, 6) is 0.570. The smallest absolute Gasteiger partial charge is 0.267 e. The lowest BCUT2D eigenvalue weighted by Crippen LogP contribution is -2.20. The van der Waals surface area contributed by atoms with Crippen molar-refractivity contribution in [2.24, 2.45) is 5.10 Å². The van der Waals surface area contributed by atoms with Crippen LogP contribution in [0.1, 0.15) is 10.7 Å². The van der Waals surface area contributed by atoms with Crippen LogP contribution in [0.3, 0.4) is 0 Å². The molecule has 2 aromatic heterocycles. The van der Waals surface area contributed by atoms with Crippen molar-refractivity contribution < 1.29 is 0 Å². The van der Waals surface area contributed by atoms with Crippen LogP contribution in [0.2, 0.25) is 0 Å². The molecular weight excluding hydrogens is 338 g/mol. The van der Waals surface area contributed by atoms with Gasteiger partial charge >= 0.3 is 0 Å². The summed E-state index contributed by atoms with van der Waals surface area (Å²) in [4.78, 5) is 17.7. The van der Waals surface area contributed by atoms with Crippen LogP contribution in [-0.2, 0) is 0 Å². The van der Waals surface area contributed by atoms with E-state index < -0.39 is 0 Å². The van der Waals surface area contributed by atoms with Gasteiger partial charge in [-0.3, -0.25) is 4.79 Å². The molecule has 100 valence electrons. The highest BCUT2D eigenvalue weighted by molar-refractivity contribution is 9.10. The van der Waals surface area contributed by atoms with E-state index in [1.807, 2.05) is 29.6 Å². The summed E-state index contributed by atoms with van der Waals surface area (Å²) < 4.78 is 2.33. The molecule has 0 spiro atoms. The zero-order chi connectivity index (χ0) is 14.1. The molecule has 0 aliphatic heterocycles. The Balaban J connectivity index is 2.12. The van der Waals surface area contributed by atoms with E-state index in [0.717, 1.165) is 9.35 Å². The number of thiophene rings is 1. The van der Waals surface area contributed by atoms with Gasteiger partial charge < -0.3 is 0 Å². The molecule has 3 aromatic rings. The van der Waals surface area contributed by atoms with Gasteiger partial charge in [0.1, 0.15) is 5.82 Å². The molecule has 20 heavy (non-hydrogen) atoms. The van der Waals surface area contributed by atoms with E-state index in [-0.39, 0.29) is 5.56 Å². The van der Waals surface area contributed by atoms with Crippen molar-refractivity contribution in [3.63, 3.8) is 0 Å². The summed E-state index contributed by atoms with van der Waals surface area (Å²) in [5.41, 5.74) is 0.542. The Morgan fingerprint density at radius 1 is 1.40 bits per heavy atom. The van der Waals surface area contributed by atoms with Crippen LogP contribution >= 0.6 is 27.3 Å². The highest BCUT2D eigenvalue weighted by Gasteiger charge is 2.06. The van der Waals surface area contributed by atoms with Gasteiger partial charge in [-0.15, -0.1) is 11.3 Å². The number of nitrogens with zero attached hydrogens (tertiary/aromatic N) is 3. The molecule has 6 heteroatoms. The zero-order valence-electron chi connectivity index (χ0n) is 10.6. The van der Waals surface area contributed by atoms with Crippen LogP contribution in [0.25, 0.3) is 10.9 Å². The van der Waals surface area contributed by atoms with E-state index in [0.29, 0.717) is 16.7 Å². The number of rotatable bonds is 2. The Morgan fingerprint density at radius 2 is 2.20 bits per heavy atom. The lowest BCUT2D eigenvalue weighted by atomic mass is 10.2. The molecule has 0 saturated heterocycles. The summed E-state index contributed by atoms with van der Waals surface area (Å²) >= 11 is 4.94. The van der Waals surface area contributed by atoms with Gasteiger partial charge in [0, 0.05) is 14.7 Å². The highest BCUT2D eigenvalue weighted by atomic mass is 79.9. The Bertz CT molecular complexity index is 866. The van der Waals surface area contributed by atoms with E-state index in [4.69, 9.17) is 0 Å². The third-order valence-corrected chi connectivity index (χ3v) is 4.43. The van der Waals surface area contributed by atoms with E-state index in [2.05, 4.69) is 26.0 Å². The van der Waals surface area contributed by atoms with Gasteiger partial charge in [0.05, 0.1) is 17.1 Å². The van der Waals surface area contributed by atoms with Crippen molar-refractivity contribution in [2.45, 2.75) is 6.92 Å². The summed E-state index contributed by atoms with van der Waals surface area (Å²) in [6.45, 7) is 1.77. The molecule has 2 heterocycles. The molecule has 0 N–H and O–H groups in total. The molecule has 0 aliphatic carbocycles. The molecule has 0 unspecified atom stereocenters. The first-order valence-electron chi connectivity index (χ1n) is 5.92. The number of halogens is 1. The van der Waals surface area contributed by atoms with Gasteiger partial charge in [-0.25, -0.2) is 4.98 Å². The SMILES string of the molecule is Cc1nc2ccccc2c(=O)n1/N=C/c1cc(Br)cs1. The number of fused-ring (bicyclic) bond motifs is 1. The first kappa shape index (κ1) is 13.2. The first-order chi connectivity index (χ1) is 9.65. The molecule has 1 aromatic carbocycles. The average molecular weight is 348 g/mol. The monoisotopic (exact) mass is 347 g/mol. The molecule has 0 aliphatic rings. The fourth-order valence-electron chi connectivity index (χ4n) is 1.88. The number of hydrogen-bond donors (Lipinski definition) is 0. The minimum atomic E-state index is -0.153. The molecule has 3 rings (SSSR count). The Hall–Kier alpha value is -1.79. The van der Waals surface area contributed by atoms with E-state index in [1.54, 1.807) is 30.5 Å². The van der Waals surface area contributed by atoms with E-state index in [1.165, 1.54) is 4.68 Å². The molecule has 0 radical (unpaired) electrons. The van der Waals surface area contributed by atoms with Gasteiger partial charge in [0.2, 0.25) is 0 Å². The molecular formula is C14H10BrN3OS. The quantitative estimate of drug-likeness (QED) is 0.667. The molecule has 0 fully saturated rings. The second kappa shape index (κ2) is 5.30. The lowest BCUT2D eigenvalue weighted by molar-refractivity contribution is 0.771. The predicted octanol–water partition coefficient (Wildman–Crippen LogP) is 3.41. The number of aromatic nitrogens is 2. The Labute approximate surface area is 127 Å². The Morgan fingerprint density at radius 3 is 2.95 bits per heavy atom. The number of aryl methyl sites for hydroxylation is 1. The fraction of sp³-hybridized carbons (Fsp3) is 0.0714. The molecule has 4 nitrogen and oxygen atoms in total. The topological polar surface area (TPSA) is 47.2 Å². The average Bonchev–Trinajstić information content (AvgIpc) is 2.84. The van der Waals surface area contributed by atoms with Crippen LogP contribution in [0.15, 0.2) is 50.1 Å². The zero-order valence-corrected chi connectivity index (χ0v) is 13.0. The minimum Gasteiger partial charge on any atom is -0.267 e. The number of para-hydroxylation sites is 1. The molecule has 0 atom stereocenters. The maximum Gasteiger partial charge on any atom is 0.282 e. The van der Waals surface area contributed by atoms with Crippen LogP contribution in [0.5, 0.6) is 0 Å². The van der Waals surface area contributed by atoms with Crippen molar-refractivity contribution in [3.05, 3.63) is 61.2 Å². The van der Waals surface area contributed by atoms with E-state index >= 15 is 0 Å². The molecule has 0 bridgehead atoms. The standard InChI is InChI=1S/C14H10BrN3OS/c1-9-17-13-5-3-2-4-12(13)14(19)18(9)16-7-11-6-10(15)8-20-11/h2-8H,1H3/b16-7+. The summed E-state index contributed by atoms with van der Waals surface area (Å²) in [6, 6.07) is 9.23. The largest absolute Gasteiger partial charge is 0.282 e. The second-order valence-electron chi connectivity index (χ2n) is 4.20. The minimum absolute atomic E-state index is 0.153. The molecule has 0 amide bonds. The Kier molecular flexibility index (Phi) is 3.50. The third kappa shape index (κ3) is 2.44. The van der Waals surface area contributed by atoms with Crippen molar-refractivity contribution in [1.29, 1.82) is 0 Å². The maximum absolute atomic E-state index is 12.4. The van der Waals surface area contributed by atoms with Gasteiger partial charge in [-0.2, -0.15) is 9.78 Å². The van der Waals surface area contributed by atoms with Gasteiger partial charge in [-0.1, -0.05) is 12.1 Å². The number of benzene rings is 1. The van der Waals surface area contributed by atoms with Crippen LogP contribution in [-0.4, -0.2) is 15.9 Å². The van der Waals surface area contributed by atoms with Crippen molar-refractivity contribution in [2.75, 3.05) is 0 Å². The lowest BCUT2D eigenvalue weighted by Gasteiger charge is -2.04. The summed E-state index contributed by atoms with van der Waals surface area (Å²) in [7, 11) is 0. The molecule has 0 saturated carbocycles. The second-order valence-corrected chi connectivity index (χ2v) is 6.06. The summed E-state index contributed by atoms with van der Waals surface area (Å²) in [6.07, 6.45) is 1.67. The van der Waals surface area contributed by atoms with Crippen molar-refractivity contribution in [1.82, 2.24) is 9.66 Å². The number of hydrogen-bond acceptors (Lipinski definition) is 4. The normalized spacial score (nSPS) is 11.5. The van der Waals surface area contributed by atoms with Crippen molar-refractivity contribution >= 4 is 44.4 Å². The predicted molar refractivity (Wildman–Crippen MR) is 85.8 cm³/mol. The third-order valence-electron chi connectivity index (χ3n) is 2.80. The van der Waals surface area contributed by atoms with Gasteiger partial charge in [-0.05, 0) is 41.1 Å². The fourth-order valence-corrected chi connectivity index (χ4v) is 3.18. The summed E-state index contributed by atoms with van der Waals surface area (Å²) in [5, 5.41) is 6.79. The van der Waals surface area contributed by atoms with Gasteiger partial charge in [0.15, 0.2) is 0 Å². The van der Waals surface area contributed by atoms with Crippen LogP contribution < -0.4 is 5.56 Å². The highest BCUT2D eigenvalue weighted by Crippen LogP contribution is 2.18. The first-order valence-corrected chi connectivity index (χ1v) is 7.59. The van der Waals surface area contributed by atoms with Crippen LogP contribution in [0.4, 0.5) is 0 Å². The van der Waals surface area contributed by atoms with Gasteiger partial charge in [0.25, 0.3) is 5.56 Å². The van der Waals surface area contributed by atoms with Crippen molar-refractivity contribution in [3.8, 4) is 0 Å². The maximum atomic E-state index is 12.4. The van der Waals surface area contributed by atoms with Crippen LogP contribution in [0, 0.1) is 6.92 Å². The van der Waals surface area contributed by atoms with E-state index in [9.17, 15) is 4.79 Å².